The van der Waals surface area contributed by atoms with Crippen LogP contribution >= 0.6 is 0 Å². The molecule has 2 fully saturated rings. The zero-order chi connectivity index (χ0) is 25.4. The number of anilines is 1. The molecule has 10 nitrogen and oxygen atoms in total. The van der Waals surface area contributed by atoms with E-state index in [1.54, 1.807) is 20.2 Å². The van der Waals surface area contributed by atoms with Gasteiger partial charge in [0, 0.05) is 30.3 Å². The highest BCUT2D eigenvalue weighted by atomic mass is 16.3. The molecule has 10 heteroatoms. The fraction of sp³-hybridized carbons (Fsp3) is 0.480. The van der Waals surface area contributed by atoms with Crippen molar-refractivity contribution in [3.05, 3.63) is 40.2 Å². The third-order valence-electron chi connectivity index (χ3n) is 8.03. The Balaban J connectivity index is 1.72. The van der Waals surface area contributed by atoms with Gasteiger partial charge in [-0.2, -0.15) is 0 Å². The summed E-state index contributed by atoms with van der Waals surface area (Å²) in [5.74, 6) is -6.38. The number of hydrogen-bond donors (Lipinski definition) is 5. The highest BCUT2D eigenvalue weighted by Crippen LogP contribution is 2.53. The fourth-order valence-corrected chi connectivity index (χ4v) is 6.48. The number of carbonyl (C=O) groups excluding carboxylic acids is 3. The number of aliphatic hydroxyl groups is 3. The molecule has 5 rings (SSSR count). The Bertz CT molecular complexity index is 1230. The molecule has 6 N–H and O–H groups in total. The Hall–Kier alpha value is -3.37. The minimum Gasteiger partial charge on any atom is -0.508 e. The van der Waals surface area contributed by atoms with E-state index >= 15 is 0 Å². The second-order valence-corrected chi connectivity index (χ2v) is 10.1. The monoisotopic (exact) mass is 483 g/mol. The lowest BCUT2D eigenvalue weighted by Crippen LogP contribution is -2.65. The topological polar surface area (TPSA) is 165 Å². The molecule has 2 unspecified atom stereocenters. The van der Waals surface area contributed by atoms with Gasteiger partial charge in [0.25, 0.3) is 5.91 Å². The predicted molar refractivity (Wildman–Crippen MR) is 126 cm³/mol. The van der Waals surface area contributed by atoms with Crippen LogP contribution in [0.2, 0.25) is 0 Å². The number of nitrogens with two attached hydrogens (primary N) is 1. The summed E-state index contributed by atoms with van der Waals surface area (Å²) in [6, 6.07) is 2.19. The summed E-state index contributed by atoms with van der Waals surface area (Å²) >= 11 is 0. The Morgan fingerprint density at radius 1 is 1.14 bits per heavy atom. The summed E-state index contributed by atoms with van der Waals surface area (Å²) in [5, 5.41) is 44.4. The number of phenolic OH excluding ortho intramolecular Hbond substituents is 1. The van der Waals surface area contributed by atoms with E-state index in [1.165, 1.54) is 11.0 Å². The van der Waals surface area contributed by atoms with Crippen LogP contribution in [0.1, 0.15) is 30.4 Å². The van der Waals surface area contributed by atoms with Gasteiger partial charge in [-0.1, -0.05) is 0 Å². The molecule has 1 heterocycles. The average molecular weight is 484 g/mol. The maximum Gasteiger partial charge on any atom is 0.255 e. The van der Waals surface area contributed by atoms with Crippen molar-refractivity contribution in [1.82, 2.24) is 4.90 Å². The van der Waals surface area contributed by atoms with Crippen LogP contribution in [0.5, 0.6) is 5.75 Å². The van der Waals surface area contributed by atoms with Crippen LogP contribution in [0.4, 0.5) is 5.69 Å². The van der Waals surface area contributed by atoms with Crippen molar-refractivity contribution in [1.29, 1.82) is 0 Å². The zero-order valence-corrected chi connectivity index (χ0v) is 19.6. The molecule has 1 aromatic carbocycles. The van der Waals surface area contributed by atoms with Gasteiger partial charge in [0.15, 0.2) is 11.4 Å². The third kappa shape index (κ3) is 3.06. The molecule has 0 spiro atoms. The van der Waals surface area contributed by atoms with E-state index in [-0.39, 0.29) is 23.3 Å². The van der Waals surface area contributed by atoms with Crippen LogP contribution in [0.3, 0.4) is 0 Å². The van der Waals surface area contributed by atoms with Crippen molar-refractivity contribution in [2.24, 2.45) is 17.6 Å². The SMILES string of the molecule is CN(C)[C@@H]1C(=O)C(C(N)=O)=C(O)[C@@]2(O)C(=O)C3=C(O)c4c(O)ccc(N5CCCC5)c4CC3CC12. The number of phenols is 1. The number of carbonyl (C=O) groups is 3. The largest absolute Gasteiger partial charge is 0.508 e. The lowest BCUT2D eigenvalue weighted by atomic mass is 9.57. The second kappa shape index (κ2) is 7.82. The number of aromatic hydroxyl groups is 1. The number of primary amides is 1. The predicted octanol–water partition coefficient (Wildman–Crippen LogP) is 0.564. The molecule has 4 atom stereocenters. The Morgan fingerprint density at radius 3 is 2.40 bits per heavy atom. The van der Waals surface area contributed by atoms with Crippen molar-refractivity contribution < 1.29 is 34.8 Å². The maximum atomic E-state index is 13.8. The minimum atomic E-state index is -2.62. The molecule has 186 valence electrons. The molecular formula is C25H29N3O7. The number of amides is 1. The molecule has 35 heavy (non-hydrogen) atoms. The lowest BCUT2D eigenvalue weighted by molar-refractivity contribution is -0.153. The molecule has 1 aliphatic heterocycles. The summed E-state index contributed by atoms with van der Waals surface area (Å²) < 4.78 is 0. The highest BCUT2D eigenvalue weighted by molar-refractivity contribution is 6.24. The van der Waals surface area contributed by atoms with E-state index < -0.39 is 58.0 Å². The first-order valence-corrected chi connectivity index (χ1v) is 11.7. The number of fused-ring (bicyclic) bond motifs is 3. The first-order chi connectivity index (χ1) is 16.5. The number of rotatable bonds is 3. The highest BCUT2D eigenvalue weighted by Gasteiger charge is 2.64. The molecule has 4 aliphatic rings. The van der Waals surface area contributed by atoms with Crippen molar-refractivity contribution in [3.63, 3.8) is 0 Å². The van der Waals surface area contributed by atoms with Crippen molar-refractivity contribution in [2.45, 2.75) is 37.3 Å². The van der Waals surface area contributed by atoms with Gasteiger partial charge in [0.05, 0.1) is 11.6 Å². The van der Waals surface area contributed by atoms with Gasteiger partial charge < -0.3 is 31.1 Å². The van der Waals surface area contributed by atoms with Crippen molar-refractivity contribution in [3.8, 4) is 5.75 Å². The molecule has 0 radical (unpaired) electrons. The zero-order valence-electron chi connectivity index (χ0n) is 19.6. The van der Waals surface area contributed by atoms with E-state index in [0.717, 1.165) is 31.6 Å². The normalized spacial score (nSPS) is 30.5. The molecule has 0 aromatic heterocycles. The number of aliphatic hydroxyl groups excluding tert-OH is 2. The summed E-state index contributed by atoms with van der Waals surface area (Å²) in [7, 11) is 3.16. The third-order valence-corrected chi connectivity index (χ3v) is 8.03. The van der Waals surface area contributed by atoms with Crippen molar-refractivity contribution in [2.75, 3.05) is 32.1 Å². The van der Waals surface area contributed by atoms with E-state index in [1.807, 2.05) is 0 Å². The minimum absolute atomic E-state index is 0.0842. The van der Waals surface area contributed by atoms with Gasteiger partial charge >= 0.3 is 0 Å². The summed E-state index contributed by atoms with van der Waals surface area (Å²) in [5.41, 5.74) is 3.48. The van der Waals surface area contributed by atoms with E-state index in [4.69, 9.17) is 5.73 Å². The number of nitrogens with zero attached hydrogens (tertiary/aromatic N) is 2. The smallest absolute Gasteiger partial charge is 0.255 e. The van der Waals surface area contributed by atoms with Crippen LogP contribution in [0, 0.1) is 11.8 Å². The Labute approximate surface area is 201 Å². The van der Waals surface area contributed by atoms with Gasteiger partial charge in [-0.3, -0.25) is 19.3 Å². The van der Waals surface area contributed by atoms with Crippen LogP contribution in [-0.4, -0.2) is 81.6 Å². The number of ketones is 2. The maximum absolute atomic E-state index is 13.8. The van der Waals surface area contributed by atoms with Crippen LogP contribution in [0.15, 0.2) is 29.0 Å². The summed E-state index contributed by atoms with van der Waals surface area (Å²) in [4.78, 5) is 42.6. The molecule has 1 saturated carbocycles. The van der Waals surface area contributed by atoms with Crippen LogP contribution in [-0.2, 0) is 20.8 Å². The lowest BCUT2D eigenvalue weighted by Gasteiger charge is -2.50. The summed E-state index contributed by atoms with van der Waals surface area (Å²) in [6.07, 6.45) is 2.44. The second-order valence-electron chi connectivity index (χ2n) is 10.1. The van der Waals surface area contributed by atoms with Crippen LogP contribution in [0.25, 0.3) is 5.76 Å². The Kier molecular flexibility index (Phi) is 5.22. The molecule has 3 aliphatic carbocycles. The average Bonchev–Trinajstić information content (AvgIpc) is 3.30. The molecular weight excluding hydrogens is 454 g/mol. The number of likely N-dealkylation sites (N-methyl/N-ethyl adjacent to an activating group) is 1. The van der Waals surface area contributed by atoms with Gasteiger partial charge in [-0.05, 0) is 63.4 Å². The van der Waals surface area contributed by atoms with Gasteiger partial charge in [0.2, 0.25) is 5.78 Å². The van der Waals surface area contributed by atoms with E-state index in [2.05, 4.69) is 4.90 Å². The number of hydrogen-bond acceptors (Lipinski definition) is 9. The van der Waals surface area contributed by atoms with Gasteiger partial charge in [-0.15, -0.1) is 0 Å². The van der Waals surface area contributed by atoms with Gasteiger partial charge in [-0.25, -0.2) is 0 Å². The number of Topliss-reactive ketones (excluding diaryl/α,β-unsaturated/α-hetero) is 2. The summed E-state index contributed by atoms with van der Waals surface area (Å²) in [6.45, 7) is 1.68. The molecule has 0 bridgehead atoms. The van der Waals surface area contributed by atoms with Crippen molar-refractivity contribution >= 4 is 28.9 Å². The molecule has 1 amide bonds. The molecule has 1 saturated heterocycles. The van der Waals surface area contributed by atoms with Crippen LogP contribution < -0.4 is 10.6 Å². The Morgan fingerprint density at radius 2 is 1.80 bits per heavy atom. The first-order valence-electron chi connectivity index (χ1n) is 11.7. The quantitative estimate of drug-likeness (QED) is 0.386. The molecule has 1 aromatic rings. The first kappa shape index (κ1) is 23.4. The van der Waals surface area contributed by atoms with E-state index in [9.17, 15) is 34.8 Å². The number of benzene rings is 1. The van der Waals surface area contributed by atoms with Gasteiger partial charge in [0.1, 0.15) is 22.8 Å². The fourth-order valence-electron chi connectivity index (χ4n) is 6.48. The standard InChI is InChI=1S/C25H29N3O7/c1-27(2)19-13-10-11-9-12-14(28-7-3-4-8-28)5-6-15(29)17(12)20(30)16(11)22(32)25(13,35)23(33)18(21(19)31)24(26)34/h5-6,11,13,19,29-30,33,35H,3-4,7-10H2,1-2H3,(H2,26,34)/t11?,13?,19-,25-/m0/s1. The van der Waals surface area contributed by atoms with E-state index in [0.29, 0.717) is 12.0 Å².